The molecule has 0 heterocycles. The Hall–Kier alpha value is -1.05. The van der Waals surface area contributed by atoms with Crippen molar-refractivity contribution in [3.63, 3.8) is 0 Å². The van der Waals surface area contributed by atoms with Gasteiger partial charge in [-0.3, -0.25) is 4.79 Å². The van der Waals surface area contributed by atoms with E-state index in [1.54, 1.807) is 12.8 Å². The van der Waals surface area contributed by atoms with Crippen LogP contribution >= 0.6 is 0 Å². The van der Waals surface area contributed by atoms with E-state index in [0.717, 1.165) is 71.6 Å². The van der Waals surface area contributed by atoms with Crippen LogP contribution in [-0.2, 0) is 4.79 Å². The van der Waals surface area contributed by atoms with Crippen molar-refractivity contribution in [2.75, 3.05) is 6.54 Å². The summed E-state index contributed by atoms with van der Waals surface area (Å²) in [6.45, 7) is 7.45. The lowest BCUT2D eigenvalue weighted by atomic mass is 10.1. The highest BCUT2D eigenvalue weighted by Crippen LogP contribution is 2.72. The van der Waals surface area contributed by atoms with E-state index in [1.165, 1.54) is 25.7 Å². The second-order valence-corrected chi connectivity index (χ2v) is 12.6. The van der Waals surface area contributed by atoms with Gasteiger partial charge in [0.2, 0.25) is 5.91 Å². The van der Waals surface area contributed by atoms with Crippen LogP contribution in [0.25, 0.3) is 0 Å². The Labute approximate surface area is 183 Å². The van der Waals surface area contributed by atoms with Crippen LogP contribution in [0.3, 0.4) is 0 Å². The van der Waals surface area contributed by atoms with Crippen LogP contribution in [0, 0.1) is 76.9 Å². The number of amides is 1. The normalized spacial score (nSPS) is 52.7. The fraction of sp³-hybridized carbons (Fsp3) is 0.821. The average molecular weight is 408 g/mol. The van der Waals surface area contributed by atoms with E-state index in [4.69, 9.17) is 0 Å². The van der Waals surface area contributed by atoms with Crippen LogP contribution in [0.5, 0.6) is 0 Å². The maximum absolute atomic E-state index is 11.9. The van der Waals surface area contributed by atoms with Gasteiger partial charge in [0.15, 0.2) is 0 Å². The second kappa shape index (κ2) is 7.24. The molecule has 0 bridgehead atoms. The molecular weight excluding hydrogens is 366 g/mol. The van der Waals surface area contributed by atoms with Crippen molar-refractivity contribution in [3.05, 3.63) is 24.3 Å². The molecule has 164 valence electrons. The smallest absolute Gasteiger partial charge is 0.243 e. The second-order valence-electron chi connectivity index (χ2n) is 12.6. The number of rotatable bonds is 10. The molecule has 1 amide bonds. The van der Waals surface area contributed by atoms with Gasteiger partial charge in [-0.05, 0) is 122 Å². The summed E-state index contributed by atoms with van der Waals surface area (Å²) < 4.78 is 0. The molecule has 0 aliphatic heterocycles. The molecule has 6 rings (SSSR count). The molecule has 0 aromatic carbocycles. The summed E-state index contributed by atoms with van der Waals surface area (Å²) in [5, 5.41) is 3.00. The van der Waals surface area contributed by atoms with Gasteiger partial charge in [-0.2, -0.15) is 0 Å². The van der Waals surface area contributed by atoms with E-state index in [2.05, 4.69) is 44.3 Å². The summed E-state index contributed by atoms with van der Waals surface area (Å²) >= 11 is 0. The van der Waals surface area contributed by atoms with Crippen molar-refractivity contribution in [1.82, 2.24) is 5.32 Å². The summed E-state index contributed by atoms with van der Waals surface area (Å²) in [5.74, 6) is 12.6. The van der Waals surface area contributed by atoms with Crippen molar-refractivity contribution >= 4 is 5.91 Å². The van der Waals surface area contributed by atoms with Crippen molar-refractivity contribution in [2.24, 2.45) is 76.9 Å². The standard InChI is InChI=1S/C28H41NO/c1-15(2)14-29-28(30)7-6-19-10-21(19)23-12-25(23)27-13-26(27)24-11-22(24)20-9-18(20)5-4-17-8-16(17)3/h4-7,15-27H,8-14H2,1-3H3,(H,29,30)/b5-4+,7-6+/t16-,17-,18+,19+,20+,21+,22+,23+,24-,25-,26-,27-/m0/s1. The third-order valence-electron chi connectivity index (χ3n) is 9.61. The zero-order valence-electron chi connectivity index (χ0n) is 19.2. The SMILES string of the molecule is CC(C)CNC(=O)/C=C/[C@@H]1C[C@H]1[C@H]1C[C@@H]1[C@@H]1C[C@H]1[C@H]1C[C@@H]1[C@@H]1C[C@H]1/C=C/[C@H]1C[C@@H]1C. The molecule has 2 heteroatoms. The zero-order valence-corrected chi connectivity index (χ0v) is 19.2. The number of allylic oxidation sites excluding steroid dienone is 3. The van der Waals surface area contributed by atoms with E-state index in [-0.39, 0.29) is 5.91 Å². The zero-order chi connectivity index (χ0) is 20.6. The number of carbonyl (C=O) groups excluding carboxylic acids is 1. The molecule has 6 fully saturated rings. The highest BCUT2D eigenvalue weighted by atomic mass is 16.1. The molecule has 0 aromatic rings. The molecule has 0 aromatic heterocycles. The van der Waals surface area contributed by atoms with Gasteiger partial charge in [0.25, 0.3) is 0 Å². The minimum absolute atomic E-state index is 0.101. The van der Waals surface area contributed by atoms with Gasteiger partial charge in [0.1, 0.15) is 0 Å². The average Bonchev–Trinajstić information content (AvgIpc) is 3.50. The predicted octanol–water partition coefficient (Wildman–Crippen LogP) is 5.71. The fourth-order valence-electron chi connectivity index (χ4n) is 7.04. The first-order chi connectivity index (χ1) is 14.5. The molecule has 0 saturated heterocycles. The Bertz CT molecular complexity index is 752. The first-order valence-corrected chi connectivity index (χ1v) is 13.1. The van der Waals surface area contributed by atoms with Crippen LogP contribution in [0.15, 0.2) is 24.3 Å². The molecule has 6 saturated carbocycles. The molecule has 30 heavy (non-hydrogen) atoms. The van der Waals surface area contributed by atoms with Crippen molar-refractivity contribution in [2.45, 2.75) is 59.3 Å². The maximum Gasteiger partial charge on any atom is 0.243 e. The summed E-state index contributed by atoms with van der Waals surface area (Å²) in [7, 11) is 0. The lowest BCUT2D eigenvalue weighted by Gasteiger charge is -2.04. The van der Waals surface area contributed by atoms with Gasteiger partial charge < -0.3 is 5.32 Å². The molecule has 0 radical (unpaired) electrons. The van der Waals surface area contributed by atoms with Crippen molar-refractivity contribution < 1.29 is 4.79 Å². The van der Waals surface area contributed by atoms with E-state index in [0.29, 0.717) is 11.8 Å². The first-order valence-electron chi connectivity index (χ1n) is 13.1. The Kier molecular flexibility index (Phi) is 4.74. The molecule has 6 aliphatic rings. The first kappa shape index (κ1) is 19.6. The lowest BCUT2D eigenvalue weighted by Crippen LogP contribution is -2.25. The highest BCUT2D eigenvalue weighted by molar-refractivity contribution is 5.87. The molecule has 0 unspecified atom stereocenters. The van der Waals surface area contributed by atoms with Gasteiger partial charge in [-0.25, -0.2) is 0 Å². The molecule has 1 N–H and O–H groups in total. The van der Waals surface area contributed by atoms with Crippen molar-refractivity contribution in [3.8, 4) is 0 Å². The Morgan fingerprint density at radius 3 is 1.70 bits per heavy atom. The topological polar surface area (TPSA) is 29.1 Å². The van der Waals surface area contributed by atoms with Gasteiger partial charge in [-0.1, -0.05) is 39.0 Å². The van der Waals surface area contributed by atoms with E-state index in [9.17, 15) is 4.79 Å². The van der Waals surface area contributed by atoms with E-state index in [1.807, 2.05) is 6.08 Å². The number of hydrogen-bond donors (Lipinski definition) is 1. The summed E-state index contributed by atoms with van der Waals surface area (Å²) in [4.78, 5) is 11.9. The molecule has 0 spiro atoms. The van der Waals surface area contributed by atoms with E-state index >= 15 is 0 Å². The molecule has 2 nitrogen and oxygen atoms in total. The van der Waals surface area contributed by atoms with Gasteiger partial charge in [0, 0.05) is 6.54 Å². The maximum atomic E-state index is 11.9. The fourth-order valence-corrected chi connectivity index (χ4v) is 7.04. The van der Waals surface area contributed by atoms with E-state index < -0.39 is 0 Å². The monoisotopic (exact) mass is 407 g/mol. The van der Waals surface area contributed by atoms with Crippen LogP contribution in [0.4, 0.5) is 0 Å². The predicted molar refractivity (Wildman–Crippen MR) is 121 cm³/mol. The Morgan fingerprint density at radius 2 is 1.20 bits per heavy atom. The Morgan fingerprint density at radius 1 is 0.733 bits per heavy atom. The summed E-state index contributed by atoms with van der Waals surface area (Å²) in [6.07, 6.45) is 18.1. The molecular formula is C28H41NO. The van der Waals surface area contributed by atoms with Crippen LogP contribution in [0.2, 0.25) is 0 Å². The largest absolute Gasteiger partial charge is 0.352 e. The quantitative estimate of drug-likeness (QED) is 0.365. The van der Waals surface area contributed by atoms with Gasteiger partial charge in [0.05, 0.1) is 0 Å². The van der Waals surface area contributed by atoms with Crippen LogP contribution in [-0.4, -0.2) is 12.5 Å². The Balaban J connectivity index is 0.891. The summed E-state index contributed by atoms with van der Waals surface area (Å²) in [6, 6.07) is 0. The third-order valence-corrected chi connectivity index (χ3v) is 9.61. The highest BCUT2D eigenvalue weighted by Gasteiger charge is 2.65. The lowest BCUT2D eigenvalue weighted by molar-refractivity contribution is -0.116. The van der Waals surface area contributed by atoms with Crippen molar-refractivity contribution in [1.29, 1.82) is 0 Å². The van der Waals surface area contributed by atoms with Crippen LogP contribution < -0.4 is 5.32 Å². The summed E-state index contributed by atoms with van der Waals surface area (Å²) in [5.41, 5.74) is 0. The molecule has 6 aliphatic carbocycles. The minimum atomic E-state index is 0.101. The molecule has 12 atom stereocenters. The third kappa shape index (κ3) is 4.17. The van der Waals surface area contributed by atoms with Crippen LogP contribution in [0.1, 0.15) is 59.3 Å². The number of nitrogens with one attached hydrogen (secondary N) is 1. The minimum Gasteiger partial charge on any atom is -0.352 e. The van der Waals surface area contributed by atoms with Gasteiger partial charge in [-0.15, -0.1) is 0 Å². The van der Waals surface area contributed by atoms with Gasteiger partial charge >= 0.3 is 0 Å². The number of carbonyl (C=O) groups is 1. The number of hydrogen-bond acceptors (Lipinski definition) is 1.